The minimum Gasteiger partial charge on any atom is -1.00 e. The van der Waals surface area contributed by atoms with E-state index in [-0.39, 0.29) is 39.7 Å². The third-order valence-electron chi connectivity index (χ3n) is 7.32. The molecule has 1 saturated carbocycles. The number of carbonyl (C=O) groups excluding carboxylic acids is 2. The summed E-state index contributed by atoms with van der Waals surface area (Å²) in [5.41, 5.74) is 6.21. The van der Waals surface area contributed by atoms with Gasteiger partial charge in [0.1, 0.15) is 0 Å². The van der Waals surface area contributed by atoms with Crippen LogP contribution in [0.5, 0.6) is 0 Å². The van der Waals surface area contributed by atoms with Gasteiger partial charge in [-0.05, 0) is 94.5 Å². The van der Waals surface area contributed by atoms with Gasteiger partial charge in [0.15, 0.2) is 11.2 Å². The van der Waals surface area contributed by atoms with Crippen LogP contribution in [0.4, 0.5) is 5.69 Å². The molecular formula is C29H31BrCl3N7O4S2. The molecule has 2 amide bonds. The smallest absolute Gasteiger partial charge is 0.291 e. The van der Waals surface area contributed by atoms with Crippen molar-refractivity contribution in [3.63, 3.8) is 0 Å². The predicted molar refractivity (Wildman–Crippen MR) is 179 cm³/mol. The number of hydrogen-bond acceptors (Lipinski definition) is 8. The second-order valence-electron chi connectivity index (χ2n) is 10.6. The van der Waals surface area contributed by atoms with Gasteiger partial charge in [-0.25, -0.2) is 18.0 Å². The monoisotopic (exact) mass is 789 g/mol. The lowest BCUT2D eigenvalue weighted by Gasteiger charge is -2.14. The molecule has 17 heteroatoms. The summed E-state index contributed by atoms with van der Waals surface area (Å²) in [6.07, 6.45) is 4.17. The highest BCUT2D eigenvalue weighted by Crippen LogP contribution is 2.44. The Balaban J connectivity index is 0.00000480. The Hall–Kier alpha value is -2.43. The van der Waals surface area contributed by atoms with Gasteiger partial charge in [-0.3, -0.25) is 14.2 Å². The number of thioether (sulfide) groups is 1. The fraction of sp³-hybridized carbons (Fsp3) is 0.310. The number of amides is 2. The van der Waals surface area contributed by atoms with E-state index in [2.05, 4.69) is 66.3 Å². The van der Waals surface area contributed by atoms with Crippen LogP contribution in [-0.2, 0) is 19.6 Å². The molecule has 5 rings (SSSR count). The number of anilines is 1. The highest BCUT2D eigenvalue weighted by molar-refractivity contribution is 9.10. The number of rotatable bonds is 14. The summed E-state index contributed by atoms with van der Waals surface area (Å²) in [6.45, 7) is 0.569. The number of fused-ring (bicyclic) bond motifs is 1. The largest absolute Gasteiger partial charge is 1.00 e. The number of halogens is 4. The first-order valence-corrected chi connectivity index (χ1v) is 18.2. The molecule has 246 valence electrons. The first-order chi connectivity index (χ1) is 21.6. The summed E-state index contributed by atoms with van der Waals surface area (Å²) < 4.78 is 30.0. The average Bonchev–Trinajstić information content (AvgIpc) is 3.80. The fourth-order valence-corrected chi connectivity index (χ4v) is 7.67. The van der Waals surface area contributed by atoms with Gasteiger partial charge in [0.2, 0.25) is 10.6 Å². The van der Waals surface area contributed by atoms with Crippen molar-refractivity contribution >= 4 is 89.4 Å². The summed E-state index contributed by atoms with van der Waals surface area (Å²) in [6, 6.07) is 15.5. The Morgan fingerprint density at radius 3 is 2.52 bits per heavy atom. The maximum atomic E-state index is 12.9. The van der Waals surface area contributed by atoms with Crippen LogP contribution in [0.3, 0.4) is 0 Å². The predicted octanol–water partition coefficient (Wildman–Crippen LogP) is 1.78. The number of aromatic nitrogens is 3. The average molecular weight is 792 g/mol. The van der Waals surface area contributed by atoms with Crippen molar-refractivity contribution in [2.24, 2.45) is 0 Å². The van der Waals surface area contributed by atoms with Gasteiger partial charge in [0.25, 0.3) is 15.9 Å². The normalized spacial score (nSPS) is 13.7. The van der Waals surface area contributed by atoms with Crippen LogP contribution in [-0.4, -0.2) is 53.3 Å². The van der Waals surface area contributed by atoms with Crippen LogP contribution in [0.1, 0.15) is 43.6 Å². The first-order valence-electron chi connectivity index (χ1n) is 14.2. The Bertz CT molecular complexity index is 1840. The molecule has 3 aromatic carbocycles. The molecule has 0 saturated heterocycles. The van der Waals surface area contributed by atoms with E-state index < -0.39 is 22.0 Å². The number of hydrogen-bond donors (Lipinski definition) is 4. The maximum Gasteiger partial charge on any atom is 0.291 e. The van der Waals surface area contributed by atoms with Crippen LogP contribution < -0.4 is 33.0 Å². The molecule has 1 aliphatic rings. The van der Waals surface area contributed by atoms with Crippen molar-refractivity contribution in [3.05, 3.63) is 69.9 Å². The van der Waals surface area contributed by atoms with E-state index in [1.807, 2.05) is 21.4 Å². The molecule has 0 unspecified atom stereocenters. The summed E-state index contributed by atoms with van der Waals surface area (Å²) >= 11 is 16.5. The van der Waals surface area contributed by atoms with Crippen molar-refractivity contribution in [1.29, 1.82) is 0 Å². The third kappa shape index (κ3) is 8.72. The van der Waals surface area contributed by atoms with Crippen LogP contribution >= 0.6 is 51.1 Å². The lowest BCUT2D eigenvalue weighted by Crippen LogP contribution is -3.00. The zero-order valence-corrected chi connectivity index (χ0v) is 29.8. The number of benzene rings is 3. The molecule has 0 spiro atoms. The Labute approximate surface area is 295 Å². The van der Waals surface area contributed by atoms with E-state index in [4.69, 9.17) is 23.4 Å². The van der Waals surface area contributed by atoms with E-state index >= 15 is 0 Å². The Morgan fingerprint density at radius 1 is 1.09 bits per heavy atom. The zero-order chi connectivity index (χ0) is 32.1. The number of nitrogens with one attached hydrogen (secondary N) is 3. The number of nitrogens with zero attached hydrogens (tertiary/aromatic N) is 3. The maximum absolute atomic E-state index is 12.9. The number of carbonyl (C=O) groups is 2. The van der Waals surface area contributed by atoms with Gasteiger partial charge < -0.3 is 23.5 Å². The van der Waals surface area contributed by atoms with Gasteiger partial charge in [0.05, 0.1) is 27.0 Å². The van der Waals surface area contributed by atoms with Crippen LogP contribution in [0.2, 0.25) is 5.02 Å². The van der Waals surface area contributed by atoms with Crippen molar-refractivity contribution in [2.75, 3.05) is 17.6 Å². The van der Waals surface area contributed by atoms with Gasteiger partial charge >= 0.3 is 0 Å². The van der Waals surface area contributed by atoms with E-state index in [9.17, 15) is 18.0 Å². The lowest BCUT2D eigenvalue weighted by molar-refractivity contribution is -0.404. The van der Waals surface area contributed by atoms with Crippen molar-refractivity contribution < 1.29 is 36.1 Å². The second-order valence-corrected chi connectivity index (χ2v) is 14.6. The van der Waals surface area contributed by atoms with Crippen LogP contribution in [0.25, 0.3) is 16.5 Å². The molecule has 1 atom stereocenters. The highest BCUT2D eigenvalue weighted by atomic mass is 79.9. The minimum atomic E-state index is -4.20. The second kappa shape index (κ2) is 16.1. The summed E-state index contributed by atoms with van der Waals surface area (Å²) in [5.74, 6) is -0.520. The molecule has 4 aromatic rings. The summed E-state index contributed by atoms with van der Waals surface area (Å²) in [5, 5.41) is 13.9. The lowest BCUT2D eigenvalue weighted by atomic mass is 9.99. The SMILES string of the molecule is [Cl-].[NH3+][C@@H](CCCCNCl)C(=O)NS(=O)(=O)c1ccc(NC(=O)CSc2nnc(Br)n2-c2ccc(C3CC3)c3ccccc23)c(Cl)c1. The summed E-state index contributed by atoms with van der Waals surface area (Å²) in [4.78, 5) is 27.6. The molecule has 0 bridgehead atoms. The van der Waals surface area contributed by atoms with E-state index in [0.717, 1.165) is 17.5 Å². The van der Waals surface area contributed by atoms with Gasteiger partial charge in [-0.1, -0.05) is 53.7 Å². The molecule has 1 aromatic heterocycles. The molecule has 1 aliphatic carbocycles. The van der Waals surface area contributed by atoms with E-state index in [0.29, 0.717) is 35.2 Å². The Morgan fingerprint density at radius 2 is 1.83 bits per heavy atom. The molecule has 46 heavy (non-hydrogen) atoms. The fourth-order valence-electron chi connectivity index (χ4n) is 4.87. The molecular weight excluding hydrogens is 761 g/mol. The number of quaternary nitrogens is 1. The van der Waals surface area contributed by atoms with Crippen molar-refractivity contribution in [2.45, 2.75) is 54.1 Å². The zero-order valence-electron chi connectivity index (χ0n) is 24.3. The van der Waals surface area contributed by atoms with E-state index in [1.54, 1.807) is 0 Å². The highest BCUT2D eigenvalue weighted by Gasteiger charge is 2.27. The third-order valence-corrected chi connectivity index (χ3v) is 10.6. The van der Waals surface area contributed by atoms with Crippen molar-refractivity contribution in [3.8, 4) is 5.69 Å². The van der Waals surface area contributed by atoms with Crippen LogP contribution in [0, 0.1) is 0 Å². The van der Waals surface area contributed by atoms with Gasteiger partial charge in [0, 0.05) is 18.4 Å². The molecule has 11 nitrogen and oxygen atoms in total. The molecule has 1 heterocycles. The summed E-state index contributed by atoms with van der Waals surface area (Å²) in [7, 11) is -4.20. The Kier molecular flexibility index (Phi) is 12.8. The standard InChI is InChI=1S/C29H30BrCl2N7O4S2.ClH/c30-28-36-37-29(39(28)25-13-11-19(17-8-9-17)20-5-1-2-6-21(20)25)44-16-26(40)35-24-12-10-18(15-22(24)31)45(42,43)38-27(41)23(33)7-3-4-14-34-32;/h1-2,5-6,10-13,15,17,23,34H,3-4,7-9,14,16,33H2,(H,35,40)(H,38,41);1H/t23-;/m0./s1. The van der Waals surface area contributed by atoms with Gasteiger partial charge in [-0.15, -0.1) is 10.2 Å². The quantitative estimate of drug-likeness (QED) is 0.0854. The molecule has 1 fully saturated rings. The molecule has 0 radical (unpaired) electrons. The number of unbranched alkanes of at least 4 members (excludes halogenated alkanes) is 1. The first kappa shape index (κ1) is 36.4. The molecule has 6 N–H and O–H groups in total. The minimum absolute atomic E-state index is 0. The van der Waals surface area contributed by atoms with Crippen molar-refractivity contribution in [1.82, 2.24) is 24.3 Å². The number of sulfonamides is 1. The van der Waals surface area contributed by atoms with Crippen LogP contribution in [0.15, 0.2) is 69.4 Å². The van der Waals surface area contributed by atoms with Gasteiger partial charge in [-0.2, -0.15) is 0 Å². The van der Waals surface area contributed by atoms with E-state index in [1.165, 1.54) is 53.8 Å². The molecule has 0 aliphatic heterocycles. The topological polar surface area (TPSA) is 163 Å².